The molecule has 0 aromatic carbocycles. The van der Waals surface area contributed by atoms with Gasteiger partial charge in [-0.25, -0.2) is 0 Å². The Hall–Kier alpha value is -0.560. The summed E-state index contributed by atoms with van der Waals surface area (Å²) in [5, 5.41) is 10.9. The highest BCUT2D eigenvalue weighted by Crippen LogP contribution is 2.57. The summed E-state index contributed by atoms with van der Waals surface area (Å²) in [4.78, 5) is 0. The van der Waals surface area contributed by atoms with Crippen molar-refractivity contribution in [1.29, 1.82) is 0 Å². The number of hydrogen-bond donors (Lipinski definition) is 1. The average Bonchev–Trinajstić information content (AvgIpc) is 3.06. The van der Waals surface area contributed by atoms with Crippen LogP contribution in [-0.4, -0.2) is 11.2 Å². The van der Waals surface area contributed by atoms with Crippen LogP contribution in [0, 0.1) is 35.5 Å². The highest BCUT2D eigenvalue weighted by molar-refractivity contribution is 5.22. The zero-order valence-corrected chi connectivity index (χ0v) is 11.3. The molecule has 4 rings (SSSR count). The predicted molar refractivity (Wildman–Crippen MR) is 72.9 cm³/mol. The third-order valence-electron chi connectivity index (χ3n) is 6.44. The third-order valence-corrected chi connectivity index (χ3v) is 6.44. The van der Waals surface area contributed by atoms with Crippen LogP contribution >= 0.6 is 0 Å². The molecule has 2 fully saturated rings. The van der Waals surface area contributed by atoms with Gasteiger partial charge >= 0.3 is 0 Å². The lowest BCUT2D eigenvalue weighted by Gasteiger charge is -2.40. The molecular weight excluding hydrogens is 220 g/mol. The lowest BCUT2D eigenvalue weighted by molar-refractivity contribution is -0.00967. The molecule has 0 amide bonds. The Kier molecular flexibility index (Phi) is 2.49. The van der Waals surface area contributed by atoms with Gasteiger partial charge in [-0.2, -0.15) is 0 Å². The quantitative estimate of drug-likeness (QED) is 0.646. The van der Waals surface area contributed by atoms with Gasteiger partial charge in [-0.05, 0) is 68.6 Å². The minimum Gasteiger partial charge on any atom is -0.392 e. The second-order valence-corrected chi connectivity index (χ2v) is 7.10. The molecule has 2 saturated carbocycles. The van der Waals surface area contributed by atoms with E-state index in [4.69, 9.17) is 0 Å². The molecule has 0 unspecified atom stereocenters. The number of rotatable bonds is 0. The standard InChI is InChI=1S/C17H24O/c1-10-5-8-14-11-6-7-12(9-11)16(14)17(18)15-4-2-3-13(10)15/h2-3,5,11-18H,4,6-9H2,1H3/t11-,12-,13-,14+,15+,16-,17+/m0/s1. The molecule has 4 aliphatic carbocycles. The highest BCUT2D eigenvalue weighted by atomic mass is 16.3. The van der Waals surface area contributed by atoms with Crippen molar-refractivity contribution in [2.45, 2.75) is 45.1 Å². The van der Waals surface area contributed by atoms with Crippen LogP contribution < -0.4 is 0 Å². The summed E-state index contributed by atoms with van der Waals surface area (Å²) in [5.74, 6) is 4.16. The van der Waals surface area contributed by atoms with E-state index in [1.807, 2.05) is 0 Å². The first-order valence-corrected chi connectivity index (χ1v) is 7.77. The van der Waals surface area contributed by atoms with Gasteiger partial charge in [0.1, 0.15) is 0 Å². The van der Waals surface area contributed by atoms with Gasteiger partial charge < -0.3 is 5.11 Å². The van der Waals surface area contributed by atoms with E-state index in [1.54, 1.807) is 0 Å². The van der Waals surface area contributed by atoms with E-state index in [1.165, 1.54) is 31.3 Å². The second kappa shape index (κ2) is 3.96. The van der Waals surface area contributed by atoms with Crippen molar-refractivity contribution in [2.75, 3.05) is 0 Å². The van der Waals surface area contributed by atoms with Crippen molar-refractivity contribution in [2.24, 2.45) is 35.5 Å². The molecule has 0 saturated heterocycles. The molecule has 18 heavy (non-hydrogen) atoms. The lowest BCUT2D eigenvalue weighted by atomic mass is 9.67. The molecule has 7 atom stereocenters. The number of hydrogen-bond acceptors (Lipinski definition) is 1. The Bertz CT molecular complexity index is 408. The van der Waals surface area contributed by atoms with E-state index >= 15 is 0 Å². The Labute approximate surface area is 110 Å². The van der Waals surface area contributed by atoms with E-state index in [-0.39, 0.29) is 6.10 Å². The van der Waals surface area contributed by atoms with E-state index in [0.717, 1.165) is 24.2 Å². The topological polar surface area (TPSA) is 20.2 Å². The van der Waals surface area contributed by atoms with Crippen LogP contribution in [0.2, 0.25) is 0 Å². The fourth-order valence-corrected chi connectivity index (χ4v) is 5.59. The van der Waals surface area contributed by atoms with Crippen LogP contribution in [0.4, 0.5) is 0 Å². The van der Waals surface area contributed by atoms with E-state index in [9.17, 15) is 5.11 Å². The highest BCUT2D eigenvalue weighted by Gasteiger charge is 2.52. The first-order valence-electron chi connectivity index (χ1n) is 7.77. The second-order valence-electron chi connectivity index (χ2n) is 7.10. The molecule has 0 aromatic rings. The van der Waals surface area contributed by atoms with Gasteiger partial charge in [-0.15, -0.1) is 0 Å². The van der Waals surface area contributed by atoms with Gasteiger partial charge in [0.2, 0.25) is 0 Å². The van der Waals surface area contributed by atoms with Crippen molar-refractivity contribution in [3.05, 3.63) is 23.8 Å². The summed E-state index contributed by atoms with van der Waals surface area (Å²) < 4.78 is 0. The first-order chi connectivity index (χ1) is 8.75. The van der Waals surface area contributed by atoms with E-state index in [2.05, 4.69) is 25.2 Å². The predicted octanol–water partition coefficient (Wildman–Crippen LogP) is 3.55. The average molecular weight is 244 g/mol. The van der Waals surface area contributed by atoms with Gasteiger partial charge in [0.05, 0.1) is 6.10 Å². The molecule has 0 radical (unpaired) electrons. The number of aliphatic hydroxyl groups excluding tert-OH is 1. The fourth-order valence-electron chi connectivity index (χ4n) is 5.59. The monoisotopic (exact) mass is 244 g/mol. The smallest absolute Gasteiger partial charge is 0.0613 e. The fraction of sp³-hybridized carbons (Fsp3) is 0.765. The first kappa shape index (κ1) is 11.3. The Morgan fingerprint density at radius 3 is 2.83 bits per heavy atom. The molecule has 1 nitrogen and oxygen atoms in total. The zero-order chi connectivity index (χ0) is 12.3. The minimum absolute atomic E-state index is 0.0473. The van der Waals surface area contributed by atoms with Crippen LogP contribution in [0.15, 0.2) is 23.8 Å². The van der Waals surface area contributed by atoms with Crippen LogP contribution in [0.1, 0.15) is 39.0 Å². The van der Waals surface area contributed by atoms with Crippen LogP contribution in [0.5, 0.6) is 0 Å². The number of fused-ring (bicyclic) bond motifs is 6. The van der Waals surface area contributed by atoms with Gasteiger partial charge in [-0.3, -0.25) is 0 Å². The SMILES string of the molecule is CC1=CC[C@@H]2[C@H]3CC[C@@H](C3)[C@@H]2[C@H](O)[C@@H]2CC=C[C@@H]12. The maximum Gasteiger partial charge on any atom is 0.0613 e. The van der Waals surface area contributed by atoms with Crippen LogP contribution in [0.25, 0.3) is 0 Å². The molecule has 1 heteroatoms. The van der Waals surface area contributed by atoms with Crippen molar-refractivity contribution >= 4 is 0 Å². The molecule has 0 heterocycles. The van der Waals surface area contributed by atoms with E-state index < -0.39 is 0 Å². The number of allylic oxidation sites excluding steroid dienone is 4. The molecule has 0 spiro atoms. The van der Waals surface area contributed by atoms with Gasteiger partial charge in [-0.1, -0.05) is 23.8 Å². The van der Waals surface area contributed by atoms with Crippen molar-refractivity contribution in [3.63, 3.8) is 0 Å². The molecule has 4 aliphatic rings. The van der Waals surface area contributed by atoms with Crippen molar-refractivity contribution in [1.82, 2.24) is 0 Å². The summed E-state index contributed by atoms with van der Waals surface area (Å²) in [6, 6.07) is 0. The lowest BCUT2D eigenvalue weighted by Crippen LogP contribution is -2.40. The normalized spacial score (nSPS) is 53.7. The molecule has 0 aliphatic heterocycles. The summed E-state index contributed by atoms with van der Waals surface area (Å²) in [6.07, 6.45) is 13.6. The van der Waals surface area contributed by atoms with Crippen LogP contribution in [0.3, 0.4) is 0 Å². The third kappa shape index (κ3) is 1.43. The largest absolute Gasteiger partial charge is 0.392 e. The van der Waals surface area contributed by atoms with E-state index in [0.29, 0.717) is 17.8 Å². The molecular formula is C17H24O. The molecule has 98 valence electrons. The van der Waals surface area contributed by atoms with Gasteiger partial charge in [0, 0.05) is 5.92 Å². The Balaban J connectivity index is 1.71. The van der Waals surface area contributed by atoms with Gasteiger partial charge in [0.25, 0.3) is 0 Å². The molecule has 2 bridgehead atoms. The number of aliphatic hydroxyl groups is 1. The van der Waals surface area contributed by atoms with Crippen molar-refractivity contribution < 1.29 is 5.11 Å². The van der Waals surface area contributed by atoms with Crippen LogP contribution in [-0.2, 0) is 0 Å². The minimum atomic E-state index is -0.0473. The molecule has 1 N–H and O–H groups in total. The summed E-state index contributed by atoms with van der Waals surface area (Å²) >= 11 is 0. The maximum absolute atomic E-state index is 10.9. The summed E-state index contributed by atoms with van der Waals surface area (Å²) in [5.41, 5.74) is 1.51. The Morgan fingerprint density at radius 1 is 1.11 bits per heavy atom. The summed E-state index contributed by atoms with van der Waals surface area (Å²) in [7, 11) is 0. The maximum atomic E-state index is 10.9. The molecule has 0 aromatic heterocycles. The summed E-state index contributed by atoms with van der Waals surface area (Å²) in [6.45, 7) is 2.27. The van der Waals surface area contributed by atoms with Crippen molar-refractivity contribution in [3.8, 4) is 0 Å². The zero-order valence-electron chi connectivity index (χ0n) is 11.3. The van der Waals surface area contributed by atoms with Gasteiger partial charge in [0.15, 0.2) is 0 Å². The Morgan fingerprint density at radius 2 is 1.94 bits per heavy atom.